The SMILES string of the molecule is COc1nc(-c2ccccc2)ccc1-c1noc(-c2cccc(C)c2)n1. The van der Waals surface area contributed by atoms with E-state index in [-0.39, 0.29) is 0 Å². The minimum atomic E-state index is 0.450. The molecule has 0 amide bonds. The molecule has 0 unspecified atom stereocenters. The molecule has 2 aromatic heterocycles. The van der Waals surface area contributed by atoms with Gasteiger partial charge in [-0.15, -0.1) is 0 Å². The Morgan fingerprint density at radius 3 is 2.42 bits per heavy atom. The highest BCUT2D eigenvalue weighted by Crippen LogP contribution is 2.31. The molecule has 26 heavy (non-hydrogen) atoms. The van der Waals surface area contributed by atoms with Gasteiger partial charge in [0.15, 0.2) is 0 Å². The van der Waals surface area contributed by atoms with Gasteiger partial charge in [0.2, 0.25) is 11.7 Å². The first-order valence-electron chi connectivity index (χ1n) is 8.26. The second-order valence-electron chi connectivity index (χ2n) is 5.91. The van der Waals surface area contributed by atoms with E-state index in [1.165, 1.54) is 0 Å². The van der Waals surface area contributed by atoms with E-state index >= 15 is 0 Å². The number of pyridine rings is 1. The molecule has 2 heterocycles. The molecule has 0 saturated carbocycles. The molecular weight excluding hydrogens is 326 g/mol. The summed E-state index contributed by atoms with van der Waals surface area (Å²) in [4.78, 5) is 9.10. The van der Waals surface area contributed by atoms with E-state index in [1.807, 2.05) is 73.7 Å². The van der Waals surface area contributed by atoms with Gasteiger partial charge < -0.3 is 9.26 Å². The Bertz CT molecular complexity index is 1040. The summed E-state index contributed by atoms with van der Waals surface area (Å²) in [7, 11) is 1.59. The normalized spacial score (nSPS) is 10.7. The molecule has 0 spiro atoms. The second-order valence-corrected chi connectivity index (χ2v) is 5.91. The number of benzene rings is 2. The molecule has 2 aromatic carbocycles. The number of methoxy groups -OCH3 is 1. The zero-order valence-corrected chi connectivity index (χ0v) is 14.5. The van der Waals surface area contributed by atoms with Gasteiger partial charge in [-0.3, -0.25) is 0 Å². The van der Waals surface area contributed by atoms with Crippen LogP contribution < -0.4 is 4.74 Å². The van der Waals surface area contributed by atoms with Crippen molar-refractivity contribution >= 4 is 0 Å². The van der Waals surface area contributed by atoms with Crippen molar-refractivity contribution in [1.82, 2.24) is 15.1 Å². The summed E-state index contributed by atoms with van der Waals surface area (Å²) in [6, 6.07) is 21.7. The smallest absolute Gasteiger partial charge is 0.258 e. The predicted molar refractivity (Wildman–Crippen MR) is 99.7 cm³/mol. The van der Waals surface area contributed by atoms with E-state index in [9.17, 15) is 0 Å². The Morgan fingerprint density at radius 1 is 0.846 bits per heavy atom. The van der Waals surface area contributed by atoms with Crippen molar-refractivity contribution in [2.75, 3.05) is 7.11 Å². The maximum atomic E-state index is 5.46. The summed E-state index contributed by atoms with van der Waals surface area (Å²) in [5.41, 5.74) is 4.56. The predicted octanol–water partition coefficient (Wildman–Crippen LogP) is 4.78. The van der Waals surface area contributed by atoms with Crippen LogP contribution in [-0.2, 0) is 0 Å². The summed E-state index contributed by atoms with van der Waals surface area (Å²) in [6.07, 6.45) is 0. The molecule has 0 aliphatic rings. The molecule has 0 atom stereocenters. The van der Waals surface area contributed by atoms with Crippen molar-refractivity contribution in [3.8, 4) is 40.0 Å². The Morgan fingerprint density at radius 2 is 1.65 bits per heavy atom. The highest BCUT2D eigenvalue weighted by atomic mass is 16.5. The first-order valence-corrected chi connectivity index (χ1v) is 8.26. The molecule has 128 valence electrons. The van der Waals surface area contributed by atoms with Gasteiger partial charge in [0, 0.05) is 11.1 Å². The summed E-state index contributed by atoms with van der Waals surface area (Å²) in [6.45, 7) is 2.02. The van der Waals surface area contributed by atoms with Crippen molar-refractivity contribution < 1.29 is 9.26 Å². The number of rotatable bonds is 4. The summed E-state index contributed by atoms with van der Waals surface area (Å²) in [5, 5.41) is 4.10. The fraction of sp³-hybridized carbons (Fsp3) is 0.0952. The molecule has 0 radical (unpaired) electrons. The van der Waals surface area contributed by atoms with Gasteiger partial charge >= 0.3 is 0 Å². The van der Waals surface area contributed by atoms with Gasteiger partial charge in [0.05, 0.1) is 18.4 Å². The van der Waals surface area contributed by atoms with Gasteiger partial charge in [-0.05, 0) is 31.2 Å². The molecule has 4 aromatic rings. The van der Waals surface area contributed by atoms with Crippen molar-refractivity contribution in [2.45, 2.75) is 6.92 Å². The number of aryl methyl sites for hydroxylation is 1. The number of aromatic nitrogens is 3. The average Bonchev–Trinajstić information content (AvgIpc) is 3.18. The third kappa shape index (κ3) is 3.07. The van der Waals surface area contributed by atoms with Crippen LogP contribution in [0.25, 0.3) is 34.1 Å². The Kier molecular flexibility index (Phi) is 4.19. The van der Waals surface area contributed by atoms with E-state index in [0.717, 1.165) is 22.4 Å². The van der Waals surface area contributed by atoms with E-state index in [0.29, 0.717) is 23.2 Å². The molecule has 0 N–H and O–H groups in total. The van der Waals surface area contributed by atoms with Crippen molar-refractivity contribution in [3.05, 3.63) is 72.3 Å². The standard InChI is InChI=1S/C21H17N3O2/c1-14-7-6-10-16(13-14)20-23-19(24-26-20)17-11-12-18(22-21(17)25-2)15-8-4-3-5-9-15/h3-13H,1-2H3. The van der Waals surface area contributed by atoms with Crippen LogP contribution in [0, 0.1) is 6.92 Å². The van der Waals surface area contributed by atoms with Gasteiger partial charge in [-0.25, -0.2) is 4.98 Å². The maximum Gasteiger partial charge on any atom is 0.258 e. The van der Waals surface area contributed by atoms with Crippen LogP contribution in [0.3, 0.4) is 0 Å². The summed E-state index contributed by atoms with van der Waals surface area (Å²) < 4.78 is 10.9. The first kappa shape index (κ1) is 16.0. The van der Waals surface area contributed by atoms with Crippen molar-refractivity contribution in [1.29, 1.82) is 0 Å². The third-order valence-corrected chi connectivity index (χ3v) is 4.06. The largest absolute Gasteiger partial charge is 0.480 e. The second kappa shape index (κ2) is 6.80. The van der Waals surface area contributed by atoms with E-state index in [4.69, 9.17) is 9.26 Å². The topological polar surface area (TPSA) is 61.0 Å². The van der Waals surface area contributed by atoms with Gasteiger partial charge in [0.25, 0.3) is 5.89 Å². The molecule has 5 nitrogen and oxygen atoms in total. The Labute approximate surface area is 151 Å². The maximum absolute atomic E-state index is 5.46. The van der Waals surface area contributed by atoms with Gasteiger partial charge in [-0.1, -0.05) is 53.2 Å². The van der Waals surface area contributed by atoms with Crippen LogP contribution in [0.1, 0.15) is 5.56 Å². The van der Waals surface area contributed by atoms with Crippen LogP contribution in [-0.4, -0.2) is 22.2 Å². The summed E-state index contributed by atoms with van der Waals surface area (Å²) in [5.74, 6) is 1.38. The highest BCUT2D eigenvalue weighted by Gasteiger charge is 2.16. The van der Waals surface area contributed by atoms with Crippen LogP contribution in [0.5, 0.6) is 5.88 Å². The van der Waals surface area contributed by atoms with Crippen LogP contribution >= 0.6 is 0 Å². The van der Waals surface area contributed by atoms with E-state index in [2.05, 4.69) is 15.1 Å². The molecular formula is C21H17N3O2. The highest BCUT2D eigenvalue weighted by molar-refractivity contribution is 5.69. The molecule has 0 aliphatic heterocycles. The molecule has 0 aliphatic carbocycles. The molecule has 0 saturated heterocycles. The molecule has 0 fully saturated rings. The lowest BCUT2D eigenvalue weighted by Crippen LogP contribution is -1.95. The van der Waals surface area contributed by atoms with Crippen LogP contribution in [0.4, 0.5) is 0 Å². The first-order chi connectivity index (χ1) is 12.7. The average molecular weight is 343 g/mol. The van der Waals surface area contributed by atoms with E-state index < -0.39 is 0 Å². The van der Waals surface area contributed by atoms with Crippen molar-refractivity contribution in [3.63, 3.8) is 0 Å². The number of nitrogens with zero attached hydrogens (tertiary/aromatic N) is 3. The van der Waals surface area contributed by atoms with Gasteiger partial charge in [0.1, 0.15) is 0 Å². The number of ether oxygens (including phenoxy) is 1. The molecule has 4 rings (SSSR count). The minimum Gasteiger partial charge on any atom is -0.480 e. The van der Waals surface area contributed by atoms with Gasteiger partial charge in [-0.2, -0.15) is 4.98 Å². The summed E-state index contributed by atoms with van der Waals surface area (Å²) >= 11 is 0. The lowest BCUT2D eigenvalue weighted by molar-refractivity contribution is 0.398. The minimum absolute atomic E-state index is 0.450. The monoisotopic (exact) mass is 343 g/mol. The molecule has 5 heteroatoms. The lowest BCUT2D eigenvalue weighted by Gasteiger charge is -2.07. The van der Waals surface area contributed by atoms with Crippen LogP contribution in [0.2, 0.25) is 0 Å². The number of hydrogen-bond donors (Lipinski definition) is 0. The quantitative estimate of drug-likeness (QED) is 0.533. The fourth-order valence-corrected chi connectivity index (χ4v) is 2.76. The van der Waals surface area contributed by atoms with E-state index in [1.54, 1.807) is 7.11 Å². The number of hydrogen-bond acceptors (Lipinski definition) is 5. The molecule has 0 bridgehead atoms. The third-order valence-electron chi connectivity index (χ3n) is 4.06. The zero-order chi connectivity index (χ0) is 17.9. The zero-order valence-electron chi connectivity index (χ0n) is 14.5. The van der Waals surface area contributed by atoms with Crippen molar-refractivity contribution in [2.24, 2.45) is 0 Å². The Hall–Kier alpha value is -3.47. The Balaban J connectivity index is 1.72. The fourth-order valence-electron chi connectivity index (χ4n) is 2.76. The van der Waals surface area contributed by atoms with Crippen LogP contribution in [0.15, 0.2) is 71.3 Å². The lowest BCUT2D eigenvalue weighted by atomic mass is 10.1.